The number of rotatable bonds is 4. The van der Waals surface area contributed by atoms with Crippen molar-refractivity contribution in [2.45, 2.75) is 44.2 Å². The number of likely N-dealkylation sites (tertiary alicyclic amines) is 1. The molecular formula is C16H23N3O4S. The summed E-state index contributed by atoms with van der Waals surface area (Å²) in [6.07, 6.45) is 3.03. The summed E-state index contributed by atoms with van der Waals surface area (Å²) >= 11 is 1.56. The molecule has 2 heterocycles. The fourth-order valence-electron chi connectivity index (χ4n) is 2.46. The highest BCUT2D eigenvalue weighted by molar-refractivity contribution is 7.99. The molecule has 2 rings (SSSR count). The highest BCUT2D eigenvalue weighted by Crippen LogP contribution is 2.26. The number of nitro groups is 1. The molecule has 1 aromatic heterocycles. The van der Waals surface area contributed by atoms with Crippen LogP contribution in [0.1, 0.15) is 33.6 Å². The molecule has 0 spiro atoms. The first-order chi connectivity index (χ1) is 11.2. The lowest BCUT2D eigenvalue weighted by molar-refractivity contribution is -0.385. The molecule has 0 aromatic carbocycles. The standard InChI is InChI=1S/C16H23N3O4S/c1-16(2,3)23-15(20)18-8-4-5-12(10-18)11-24-14-7-6-13(9-17-14)19(21)22/h6-7,9,12H,4-5,8,10-11H2,1-3H3/t12-/m0/s1. The lowest BCUT2D eigenvalue weighted by Crippen LogP contribution is -2.43. The minimum atomic E-state index is -0.485. The topological polar surface area (TPSA) is 85.6 Å². The molecule has 0 aliphatic carbocycles. The molecule has 1 aliphatic heterocycles. The highest BCUT2D eigenvalue weighted by Gasteiger charge is 2.27. The molecule has 8 heteroatoms. The van der Waals surface area contributed by atoms with Crippen molar-refractivity contribution in [3.05, 3.63) is 28.4 Å². The van der Waals surface area contributed by atoms with Crippen molar-refractivity contribution in [3.63, 3.8) is 0 Å². The zero-order chi connectivity index (χ0) is 17.7. The normalized spacial score (nSPS) is 18.3. The maximum absolute atomic E-state index is 12.2. The summed E-state index contributed by atoms with van der Waals surface area (Å²) in [5, 5.41) is 11.4. The minimum Gasteiger partial charge on any atom is -0.444 e. The lowest BCUT2D eigenvalue weighted by Gasteiger charge is -2.34. The van der Waals surface area contributed by atoms with E-state index in [0.717, 1.165) is 30.2 Å². The number of piperidine rings is 1. The van der Waals surface area contributed by atoms with Gasteiger partial charge in [0.15, 0.2) is 0 Å². The molecule has 1 amide bonds. The van der Waals surface area contributed by atoms with Crippen LogP contribution in [0.15, 0.2) is 23.4 Å². The number of hydrogen-bond acceptors (Lipinski definition) is 6. The number of carbonyl (C=O) groups is 1. The van der Waals surface area contributed by atoms with E-state index >= 15 is 0 Å². The van der Waals surface area contributed by atoms with Gasteiger partial charge in [-0.2, -0.15) is 0 Å². The van der Waals surface area contributed by atoms with Gasteiger partial charge in [0.05, 0.1) is 9.95 Å². The predicted octanol–water partition coefficient (Wildman–Crippen LogP) is 3.73. The summed E-state index contributed by atoms with van der Waals surface area (Å²) in [7, 11) is 0. The monoisotopic (exact) mass is 353 g/mol. The Morgan fingerprint density at radius 3 is 2.83 bits per heavy atom. The van der Waals surface area contributed by atoms with Crippen LogP contribution in [-0.4, -0.2) is 45.3 Å². The summed E-state index contributed by atoms with van der Waals surface area (Å²) in [6, 6.07) is 3.13. The molecule has 24 heavy (non-hydrogen) atoms. The fraction of sp³-hybridized carbons (Fsp3) is 0.625. The van der Waals surface area contributed by atoms with Crippen LogP contribution in [-0.2, 0) is 4.74 Å². The summed E-state index contributed by atoms with van der Waals surface area (Å²) in [4.78, 5) is 28.2. The van der Waals surface area contributed by atoms with Gasteiger partial charge in [-0.3, -0.25) is 10.1 Å². The van der Waals surface area contributed by atoms with Crippen LogP contribution in [0.5, 0.6) is 0 Å². The number of ether oxygens (including phenoxy) is 1. The second-order valence-corrected chi connectivity index (χ2v) is 7.90. The molecule has 1 saturated heterocycles. The number of carbonyl (C=O) groups excluding carboxylic acids is 1. The van der Waals surface area contributed by atoms with Crippen molar-refractivity contribution in [2.24, 2.45) is 5.92 Å². The number of aromatic nitrogens is 1. The average molecular weight is 353 g/mol. The van der Waals surface area contributed by atoms with Crippen molar-refractivity contribution >= 4 is 23.5 Å². The van der Waals surface area contributed by atoms with E-state index in [9.17, 15) is 14.9 Å². The molecule has 0 radical (unpaired) electrons. The second-order valence-electron chi connectivity index (χ2n) is 6.86. The van der Waals surface area contributed by atoms with Crippen LogP contribution in [0, 0.1) is 16.0 Å². The van der Waals surface area contributed by atoms with Gasteiger partial charge in [-0.15, -0.1) is 11.8 Å². The Morgan fingerprint density at radius 1 is 1.50 bits per heavy atom. The summed E-state index contributed by atoms with van der Waals surface area (Å²) in [5.74, 6) is 1.19. The third kappa shape index (κ3) is 5.67. The molecule has 0 unspecified atom stereocenters. The molecule has 0 bridgehead atoms. The van der Waals surface area contributed by atoms with Crippen molar-refractivity contribution in [1.29, 1.82) is 0 Å². The Labute approximate surface area is 145 Å². The first-order valence-corrected chi connectivity index (χ1v) is 8.94. The van der Waals surface area contributed by atoms with Crippen LogP contribution >= 0.6 is 11.8 Å². The zero-order valence-electron chi connectivity index (χ0n) is 14.2. The van der Waals surface area contributed by atoms with Gasteiger partial charge in [-0.05, 0) is 45.6 Å². The van der Waals surface area contributed by atoms with Crippen molar-refractivity contribution in [2.75, 3.05) is 18.8 Å². The molecule has 1 aliphatic rings. The molecule has 0 saturated carbocycles. The molecule has 7 nitrogen and oxygen atoms in total. The van der Waals surface area contributed by atoms with E-state index in [0.29, 0.717) is 12.5 Å². The summed E-state index contributed by atoms with van der Waals surface area (Å²) < 4.78 is 5.43. The molecule has 1 aromatic rings. The Morgan fingerprint density at radius 2 is 2.25 bits per heavy atom. The maximum atomic E-state index is 12.2. The molecular weight excluding hydrogens is 330 g/mol. The largest absolute Gasteiger partial charge is 0.444 e. The van der Waals surface area contributed by atoms with Gasteiger partial charge in [0.2, 0.25) is 0 Å². The maximum Gasteiger partial charge on any atom is 0.410 e. The molecule has 0 N–H and O–H groups in total. The number of thioether (sulfide) groups is 1. The van der Waals surface area contributed by atoms with Gasteiger partial charge >= 0.3 is 6.09 Å². The molecule has 132 valence electrons. The summed E-state index contributed by atoms with van der Waals surface area (Å²) in [6.45, 7) is 6.99. The van der Waals surface area contributed by atoms with Gasteiger partial charge in [0, 0.05) is 24.9 Å². The van der Waals surface area contributed by atoms with Crippen molar-refractivity contribution in [1.82, 2.24) is 9.88 Å². The second kappa shape index (κ2) is 7.83. The smallest absolute Gasteiger partial charge is 0.410 e. The van der Waals surface area contributed by atoms with E-state index in [4.69, 9.17) is 4.74 Å². The number of hydrogen-bond donors (Lipinski definition) is 0. The lowest BCUT2D eigenvalue weighted by atomic mass is 10.0. The quantitative estimate of drug-likeness (QED) is 0.466. The van der Waals surface area contributed by atoms with Gasteiger partial charge in [-0.1, -0.05) is 0 Å². The van der Waals surface area contributed by atoms with Gasteiger partial charge in [0.25, 0.3) is 5.69 Å². The highest BCUT2D eigenvalue weighted by atomic mass is 32.2. The first-order valence-electron chi connectivity index (χ1n) is 7.96. The summed E-state index contributed by atoms with van der Waals surface area (Å²) in [5.41, 5.74) is -0.491. The third-order valence-corrected chi connectivity index (χ3v) is 4.74. The Balaban J connectivity index is 1.84. The predicted molar refractivity (Wildman–Crippen MR) is 92.1 cm³/mol. The van der Waals surface area contributed by atoms with Crippen molar-refractivity contribution < 1.29 is 14.5 Å². The number of amides is 1. The zero-order valence-corrected chi connectivity index (χ0v) is 15.0. The van der Waals surface area contributed by atoms with Crippen LogP contribution in [0.2, 0.25) is 0 Å². The van der Waals surface area contributed by atoms with E-state index in [1.165, 1.54) is 12.3 Å². The van der Waals surface area contributed by atoms with E-state index in [2.05, 4.69) is 4.98 Å². The average Bonchev–Trinajstić information content (AvgIpc) is 2.52. The van der Waals surface area contributed by atoms with Crippen LogP contribution < -0.4 is 0 Å². The SMILES string of the molecule is CC(C)(C)OC(=O)N1CCC[C@H](CSc2ccc([N+](=O)[O-])cn2)C1. The Kier molecular flexibility index (Phi) is 6.04. The van der Waals surface area contributed by atoms with E-state index in [-0.39, 0.29) is 11.8 Å². The molecule has 1 fully saturated rings. The van der Waals surface area contributed by atoms with Crippen LogP contribution in [0.3, 0.4) is 0 Å². The van der Waals surface area contributed by atoms with Crippen molar-refractivity contribution in [3.8, 4) is 0 Å². The van der Waals surface area contributed by atoms with Gasteiger partial charge in [0.1, 0.15) is 11.8 Å². The van der Waals surface area contributed by atoms with Gasteiger partial charge < -0.3 is 9.64 Å². The van der Waals surface area contributed by atoms with E-state index < -0.39 is 10.5 Å². The number of pyridine rings is 1. The Hall–Kier alpha value is -1.83. The van der Waals surface area contributed by atoms with E-state index in [1.54, 1.807) is 22.7 Å². The molecule has 1 atom stereocenters. The minimum absolute atomic E-state index is 0.00637. The van der Waals surface area contributed by atoms with Crippen LogP contribution in [0.25, 0.3) is 0 Å². The Bertz CT molecular complexity index is 586. The van der Waals surface area contributed by atoms with Gasteiger partial charge in [-0.25, -0.2) is 9.78 Å². The first kappa shape index (κ1) is 18.5. The third-order valence-electron chi connectivity index (χ3n) is 3.57. The van der Waals surface area contributed by atoms with E-state index in [1.807, 2.05) is 20.8 Å². The van der Waals surface area contributed by atoms with Crippen LogP contribution in [0.4, 0.5) is 10.5 Å². The number of nitrogens with zero attached hydrogens (tertiary/aromatic N) is 3. The fourth-order valence-corrected chi connectivity index (χ4v) is 3.43.